The third-order valence-corrected chi connectivity index (χ3v) is 1.50. The molecule has 0 aromatic carbocycles. The maximum absolute atomic E-state index is 5.40. The fourth-order valence-electron chi connectivity index (χ4n) is 0.697. The normalized spacial score (nSPS) is 25.1. The standard InChI is InChI=1S/C6H9ClN2/c1-9-5-3-2-4-6(9)8-7/h2-6,8H,1H3. The third-order valence-electron chi connectivity index (χ3n) is 1.28. The molecule has 3 heteroatoms. The summed E-state index contributed by atoms with van der Waals surface area (Å²) in [5.74, 6) is 0. The van der Waals surface area contributed by atoms with E-state index in [2.05, 4.69) is 4.84 Å². The van der Waals surface area contributed by atoms with Crippen molar-refractivity contribution in [2.75, 3.05) is 7.05 Å². The first-order chi connectivity index (χ1) is 4.34. The summed E-state index contributed by atoms with van der Waals surface area (Å²) in [6, 6.07) is 0. The lowest BCUT2D eigenvalue weighted by molar-refractivity contribution is 0.367. The SMILES string of the molecule is CN1C=CC=CC1NCl. The Hall–Kier alpha value is -0.470. The molecule has 0 aromatic rings. The molecule has 0 bridgehead atoms. The summed E-state index contributed by atoms with van der Waals surface area (Å²) in [6.45, 7) is 0. The smallest absolute Gasteiger partial charge is 0.112 e. The van der Waals surface area contributed by atoms with Crippen LogP contribution in [0.5, 0.6) is 0 Å². The average molecular weight is 145 g/mol. The lowest BCUT2D eigenvalue weighted by atomic mass is 10.3. The van der Waals surface area contributed by atoms with Crippen LogP contribution >= 0.6 is 11.8 Å². The number of rotatable bonds is 1. The van der Waals surface area contributed by atoms with Crippen molar-refractivity contribution in [1.29, 1.82) is 0 Å². The zero-order chi connectivity index (χ0) is 6.69. The van der Waals surface area contributed by atoms with E-state index in [0.29, 0.717) is 0 Å². The van der Waals surface area contributed by atoms with Crippen LogP contribution in [0.25, 0.3) is 0 Å². The minimum Gasteiger partial charge on any atom is -0.361 e. The van der Waals surface area contributed by atoms with Crippen LogP contribution in [0.4, 0.5) is 0 Å². The largest absolute Gasteiger partial charge is 0.361 e. The molecule has 9 heavy (non-hydrogen) atoms. The fraction of sp³-hybridized carbons (Fsp3) is 0.333. The van der Waals surface area contributed by atoms with E-state index in [1.807, 2.05) is 36.4 Å². The van der Waals surface area contributed by atoms with Gasteiger partial charge in [0.05, 0.1) is 0 Å². The van der Waals surface area contributed by atoms with E-state index in [4.69, 9.17) is 11.8 Å². The topological polar surface area (TPSA) is 15.3 Å². The number of nitrogens with one attached hydrogen (secondary N) is 1. The van der Waals surface area contributed by atoms with E-state index >= 15 is 0 Å². The number of allylic oxidation sites excluding steroid dienone is 2. The zero-order valence-corrected chi connectivity index (χ0v) is 5.97. The minimum absolute atomic E-state index is 0.136. The Labute approximate surface area is 59.9 Å². The highest BCUT2D eigenvalue weighted by atomic mass is 35.5. The van der Waals surface area contributed by atoms with Gasteiger partial charge in [0.2, 0.25) is 0 Å². The van der Waals surface area contributed by atoms with Crippen molar-refractivity contribution in [3.8, 4) is 0 Å². The summed E-state index contributed by atoms with van der Waals surface area (Å²) in [5, 5.41) is 0. The van der Waals surface area contributed by atoms with E-state index in [1.165, 1.54) is 0 Å². The molecule has 1 unspecified atom stereocenters. The van der Waals surface area contributed by atoms with Crippen molar-refractivity contribution in [1.82, 2.24) is 9.74 Å². The first-order valence-electron chi connectivity index (χ1n) is 2.77. The number of nitrogens with zero attached hydrogens (tertiary/aromatic N) is 1. The molecule has 0 spiro atoms. The number of hydrogen-bond donors (Lipinski definition) is 1. The molecular weight excluding hydrogens is 136 g/mol. The Bertz CT molecular complexity index is 142. The van der Waals surface area contributed by atoms with Gasteiger partial charge in [0.15, 0.2) is 0 Å². The molecule has 1 aliphatic rings. The summed E-state index contributed by atoms with van der Waals surface area (Å²) in [6.07, 6.45) is 7.99. The molecule has 1 N–H and O–H groups in total. The molecule has 0 aromatic heterocycles. The molecule has 2 nitrogen and oxygen atoms in total. The predicted molar refractivity (Wildman–Crippen MR) is 38.8 cm³/mol. The first-order valence-corrected chi connectivity index (χ1v) is 3.15. The van der Waals surface area contributed by atoms with Crippen molar-refractivity contribution in [3.63, 3.8) is 0 Å². The van der Waals surface area contributed by atoms with Crippen molar-refractivity contribution in [3.05, 3.63) is 24.4 Å². The van der Waals surface area contributed by atoms with Crippen LogP contribution in [0, 0.1) is 0 Å². The van der Waals surface area contributed by atoms with Crippen molar-refractivity contribution >= 4 is 11.8 Å². The van der Waals surface area contributed by atoms with Gasteiger partial charge in [-0.2, -0.15) is 0 Å². The van der Waals surface area contributed by atoms with Crippen molar-refractivity contribution in [2.24, 2.45) is 0 Å². The highest BCUT2D eigenvalue weighted by molar-refractivity contribution is 6.13. The van der Waals surface area contributed by atoms with Crippen LogP contribution in [0.1, 0.15) is 0 Å². The Kier molecular flexibility index (Phi) is 2.14. The van der Waals surface area contributed by atoms with E-state index in [0.717, 1.165) is 0 Å². The lowest BCUT2D eigenvalue weighted by Gasteiger charge is -2.23. The van der Waals surface area contributed by atoms with Gasteiger partial charge in [0, 0.05) is 13.2 Å². The van der Waals surface area contributed by atoms with Crippen LogP contribution in [-0.4, -0.2) is 18.1 Å². The third kappa shape index (κ3) is 1.47. The Morgan fingerprint density at radius 2 is 2.33 bits per heavy atom. The van der Waals surface area contributed by atoms with Gasteiger partial charge in [-0.05, 0) is 23.9 Å². The van der Waals surface area contributed by atoms with E-state index in [-0.39, 0.29) is 6.17 Å². The molecule has 50 valence electrons. The van der Waals surface area contributed by atoms with Gasteiger partial charge >= 0.3 is 0 Å². The summed E-state index contributed by atoms with van der Waals surface area (Å²) in [5.41, 5.74) is 0. The molecule has 1 rings (SSSR count). The molecule has 1 heterocycles. The van der Waals surface area contributed by atoms with Crippen LogP contribution in [0.15, 0.2) is 24.4 Å². The zero-order valence-electron chi connectivity index (χ0n) is 5.21. The van der Waals surface area contributed by atoms with Crippen molar-refractivity contribution in [2.45, 2.75) is 6.17 Å². The Morgan fingerprint density at radius 1 is 1.56 bits per heavy atom. The van der Waals surface area contributed by atoms with Gasteiger partial charge < -0.3 is 4.90 Å². The van der Waals surface area contributed by atoms with Gasteiger partial charge in [0.25, 0.3) is 0 Å². The minimum atomic E-state index is 0.136. The molecular formula is C6H9ClN2. The number of hydrogen-bond acceptors (Lipinski definition) is 2. The second-order valence-corrected chi connectivity index (χ2v) is 2.16. The highest BCUT2D eigenvalue weighted by Crippen LogP contribution is 2.01. The highest BCUT2D eigenvalue weighted by Gasteiger charge is 2.06. The van der Waals surface area contributed by atoms with E-state index in [9.17, 15) is 0 Å². The quantitative estimate of drug-likeness (QED) is 0.554. The summed E-state index contributed by atoms with van der Waals surface area (Å²) >= 11 is 5.40. The molecule has 1 aliphatic heterocycles. The van der Waals surface area contributed by atoms with Gasteiger partial charge in [-0.15, -0.1) is 0 Å². The number of likely N-dealkylation sites (N-methyl/N-ethyl adjacent to an activating group) is 1. The number of halogens is 1. The van der Waals surface area contributed by atoms with Crippen LogP contribution < -0.4 is 4.84 Å². The van der Waals surface area contributed by atoms with E-state index < -0.39 is 0 Å². The van der Waals surface area contributed by atoms with Crippen LogP contribution in [0.2, 0.25) is 0 Å². The van der Waals surface area contributed by atoms with Crippen molar-refractivity contribution < 1.29 is 0 Å². The Morgan fingerprint density at radius 3 is 2.78 bits per heavy atom. The predicted octanol–water partition coefficient (Wildman–Crippen LogP) is 1.07. The lowest BCUT2D eigenvalue weighted by Crippen LogP contribution is -2.34. The maximum Gasteiger partial charge on any atom is 0.112 e. The monoisotopic (exact) mass is 144 g/mol. The summed E-state index contributed by atoms with van der Waals surface area (Å²) in [7, 11) is 1.96. The van der Waals surface area contributed by atoms with Gasteiger partial charge in [-0.3, -0.25) is 0 Å². The molecule has 0 radical (unpaired) electrons. The van der Waals surface area contributed by atoms with Gasteiger partial charge in [0.1, 0.15) is 6.17 Å². The fourth-order valence-corrected chi connectivity index (χ4v) is 0.923. The van der Waals surface area contributed by atoms with E-state index in [1.54, 1.807) is 0 Å². The molecule has 0 saturated carbocycles. The average Bonchev–Trinajstić information content (AvgIpc) is 1.89. The molecule has 0 aliphatic carbocycles. The van der Waals surface area contributed by atoms with Crippen LogP contribution in [-0.2, 0) is 0 Å². The first kappa shape index (κ1) is 6.65. The van der Waals surface area contributed by atoms with Gasteiger partial charge in [-0.1, -0.05) is 6.08 Å². The molecule has 0 fully saturated rings. The summed E-state index contributed by atoms with van der Waals surface area (Å²) in [4.78, 5) is 4.59. The molecule has 0 saturated heterocycles. The molecule has 1 atom stereocenters. The van der Waals surface area contributed by atoms with Crippen LogP contribution in [0.3, 0.4) is 0 Å². The maximum atomic E-state index is 5.40. The second kappa shape index (κ2) is 2.90. The van der Waals surface area contributed by atoms with Gasteiger partial charge in [-0.25, -0.2) is 4.84 Å². The Balaban J connectivity index is 2.55. The summed E-state index contributed by atoms with van der Waals surface area (Å²) < 4.78 is 0. The second-order valence-electron chi connectivity index (χ2n) is 1.95. The molecule has 0 amide bonds.